The third-order valence-electron chi connectivity index (χ3n) is 3.70. The minimum atomic E-state index is -0.379. The zero-order valence-electron chi connectivity index (χ0n) is 13.5. The highest BCUT2D eigenvalue weighted by atomic mass is 32.2. The number of benzene rings is 2. The van der Waals surface area contributed by atoms with Gasteiger partial charge in [-0.15, -0.1) is 21.5 Å². The van der Waals surface area contributed by atoms with Crippen LogP contribution < -0.4 is 5.84 Å². The molecule has 2 heterocycles. The molecule has 0 atom stereocenters. The minimum absolute atomic E-state index is 0.300. The number of rotatable bonds is 5. The lowest BCUT2D eigenvalue weighted by atomic mass is 10.2. The first-order valence-corrected chi connectivity index (χ1v) is 9.67. The van der Waals surface area contributed by atoms with Gasteiger partial charge >= 0.3 is 0 Å². The first-order chi connectivity index (χ1) is 12.7. The maximum Gasteiger partial charge on any atom is 0.210 e. The van der Waals surface area contributed by atoms with Crippen LogP contribution in [0.3, 0.4) is 0 Å². The van der Waals surface area contributed by atoms with Crippen molar-refractivity contribution in [1.82, 2.24) is 19.9 Å². The molecule has 4 aromatic rings. The molecule has 0 aliphatic heterocycles. The molecule has 5 nitrogen and oxygen atoms in total. The van der Waals surface area contributed by atoms with Gasteiger partial charge in [0.1, 0.15) is 10.8 Å². The minimum Gasteiger partial charge on any atom is -0.335 e. The second-order valence-electron chi connectivity index (χ2n) is 5.45. The van der Waals surface area contributed by atoms with Crippen LogP contribution in [0.25, 0.3) is 22.0 Å². The number of nitrogens with two attached hydrogens (primary N) is 1. The fraction of sp³-hybridized carbons (Fsp3) is 0.0556. The summed E-state index contributed by atoms with van der Waals surface area (Å²) < 4.78 is 15.2. The van der Waals surface area contributed by atoms with Crippen LogP contribution in [0.5, 0.6) is 0 Å². The van der Waals surface area contributed by atoms with Crippen molar-refractivity contribution in [1.29, 1.82) is 0 Å². The molecule has 0 aliphatic carbocycles. The molecule has 0 spiro atoms. The second-order valence-corrected chi connectivity index (χ2v) is 7.26. The molecule has 2 aromatic heterocycles. The Hall–Kier alpha value is -2.71. The number of aromatic nitrogens is 4. The molecule has 2 aromatic carbocycles. The third kappa shape index (κ3) is 3.33. The van der Waals surface area contributed by atoms with Crippen LogP contribution in [0.15, 0.2) is 65.1 Å². The molecule has 0 fully saturated rings. The van der Waals surface area contributed by atoms with Gasteiger partial charge in [0, 0.05) is 16.7 Å². The predicted molar refractivity (Wildman–Crippen MR) is 103 cm³/mol. The normalized spacial score (nSPS) is 11.0. The molecule has 2 N–H and O–H groups in total. The van der Waals surface area contributed by atoms with E-state index in [9.17, 15) is 4.39 Å². The van der Waals surface area contributed by atoms with Crippen molar-refractivity contribution in [2.24, 2.45) is 0 Å². The Morgan fingerprint density at radius 1 is 1.04 bits per heavy atom. The van der Waals surface area contributed by atoms with Crippen molar-refractivity contribution in [2.45, 2.75) is 10.9 Å². The molecule has 8 heteroatoms. The van der Waals surface area contributed by atoms with Crippen molar-refractivity contribution in [3.63, 3.8) is 0 Å². The Bertz CT molecular complexity index is 1030. The Morgan fingerprint density at radius 2 is 1.81 bits per heavy atom. The number of halogens is 1. The van der Waals surface area contributed by atoms with Gasteiger partial charge in [-0.1, -0.05) is 54.2 Å². The van der Waals surface area contributed by atoms with Gasteiger partial charge in [0.05, 0.1) is 11.3 Å². The number of hydrogen-bond donors (Lipinski definition) is 1. The lowest BCUT2D eigenvalue weighted by Gasteiger charge is -2.03. The van der Waals surface area contributed by atoms with Crippen molar-refractivity contribution in [2.75, 3.05) is 5.84 Å². The molecule has 4 rings (SSSR count). The van der Waals surface area contributed by atoms with E-state index in [0.717, 1.165) is 16.3 Å². The number of nitrogens with zero attached hydrogens (tertiary/aromatic N) is 4. The van der Waals surface area contributed by atoms with Crippen molar-refractivity contribution < 1.29 is 4.39 Å². The van der Waals surface area contributed by atoms with Gasteiger partial charge in [0.25, 0.3) is 0 Å². The standard InChI is InChI=1S/C18H14FN5S2/c19-15-9-5-4-8-14(15)16-22-23-18(24(16)20)26-11-13-10-25-17(21-13)12-6-2-1-3-7-12/h1-10H,11,20H2. The van der Waals surface area contributed by atoms with E-state index in [0.29, 0.717) is 22.3 Å². The Balaban J connectivity index is 1.50. The fourth-order valence-corrected chi connectivity index (χ4v) is 4.11. The van der Waals surface area contributed by atoms with Gasteiger partial charge in [-0.25, -0.2) is 14.1 Å². The lowest BCUT2D eigenvalue weighted by Crippen LogP contribution is -2.12. The SMILES string of the molecule is Nn1c(SCc2csc(-c3ccccc3)n2)nnc1-c1ccccc1F. The summed E-state index contributed by atoms with van der Waals surface area (Å²) >= 11 is 3.01. The first-order valence-electron chi connectivity index (χ1n) is 7.80. The van der Waals surface area contributed by atoms with E-state index in [2.05, 4.69) is 15.2 Å². The monoisotopic (exact) mass is 383 g/mol. The summed E-state index contributed by atoms with van der Waals surface area (Å²) in [4.78, 5) is 4.64. The Kier molecular flexibility index (Phi) is 4.68. The zero-order chi connectivity index (χ0) is 17.9. The van der Waals surface area contributed by atoms with Crippen molar-refractivity contribution in [3.05, 3.63) is 71.5 Å². The van der Waals surface area contributed by atoms with Crippen LogP contribution >= 0.6 is 23.1 Å². The van der Waals surface area contributed by atoms with E-state index in [1.807, 2.05) is 35.7 Å². The average molecular weight is 383 g/mol. The Morgan fingerprint density at radius 3 is 2.62 bits per heavy atom. The third-order valence-corrected chi connectivity index (χ3v) is 5.62. The second kappa shape index (κ2) is 7.27. The van der Waals surface area contributed by atoms with E-state index >= 15 is 0 Å². The number of nitrogen functional groups attached to an aromatic ring is 1. The van der Waals surface area contributed by atoms with E-state index < -0.39 is 0 Å². The molecule has 0 unspecified atom stereocenters. The van der Waals surface area contributed by atoms with Gasteiger partial charge in [-0.05, 0) is 12.1 Å². The van der Waals surface area contributed by atoms with E-state index in [1.54, 1.807) is 29.5 Å². The Labute approximate surface area is 157 Å². The molecule has 0 bridgehead atoms. The van der Waals surface area contributed by atoms with Crippen LogP contribution in [0.1, 0.15) is 5.69 Å². The van der Waals surface area contributed by atoms with E-state index in [1.165, 1.54) is 22.5 Å². The fourth-order valence-electron chi connectivity index (χ4n) is 2.43. The smallest absolute Gasteiger partial charge is 0.210 e. The summed E-state index contributed by atoms with van der Waals surface area (Å²) in [6.45, 7) is 0. The molecule has 0 aliphatic rings. The molecule has 0 amide bonds. The summed E-state index contributed by atoms with van der Waals surface area (Å²) in [5, 5.41) is 11.6. The molecule has 26 heavy (non-hydrogen) atoms. The summed E-state index contributed by atoms with van der Waals surface area (Å²) in [6, 6.07) is 16.4. The zero-order valence-corrected chi connectivity index (χ0v) is 15.2. The van der Waals surface area contributed by atoms with Crippen LogP contribution in [-0.4, -0.2) is 19.9 Å². The largest absolute Gasteiger partial charge is 0.335 e. The summed E-state index contributed by atoms with van der Waals surface area (Å²) in [5.41, 5.74) is 2.36. The lowest BCUT2D eigenvalue weighted by molar-refractivity contribution is 0.629. The van der Waals surface area contributed by atoms with Crippen LogP contribution in [0.2, 0.25) is 0 Å². The van der Waals surface area contributed by atoms with Crippen LogP contribution in [0, 0.1) is 5.82 Å². The number of thioether (sulfide) groups is 1. The summed E-state index contributed by atoms with van der Waals surface area (Å²) in [6.07, 6.45) is 0. The molecule has 130 valence electrons. The summed E-state index contributed by atoms with van der Waals surface area (Å²) in [7, 11) is 0. The highest BCUT2D eigenvalue weighted by Crippen LogP contribution is 2.28. The molecule has 0 radical (unpaired) electrons. The van der Waals surface area contributed by atoms with E-state index in [4.69, 9.17) is 5.84 Å². The van der Waals surface area contributed by atoms with Gasteiger partial charge in [-0.3, -0.25) is 0 Å². The van der Waals surface area contributed by atoms with E-state index in [-0.39, 0.29) is 5.82 Å². The van der Waals surface area contributed by atoms with Crippen molar-refractivity contribution >= 4 is 23.1 Å². The highest BCUT2D eigenvalue weighted by molar-refractivity contribution is 7.98. The summed E-state index contributed by atoms with van der Waals surface area (Å²) in [5.74, 6) is 6.58. The first kappa shape index (κ1) is 16.7. The maximum atomic E-state index is 13.9. The quantitative estimate of drug-likeness (QED) is 0.413. The number of thiazole rings is 1. The topological polar surface area (TPSA) is 69.6 Å². The number of hydrogen-bond acceptors (Lipinski definition) is 6. The molecular formula is C18H14FN5S2. The van der Waals surface area contributed by atoms with Gasteiger partial charge in [0.15, 0.2) is 5.82 Å². The van der Waals surface area contributed by atoms with Crippen molar-refractivity contribution in [3.8, 4) is 22.0 Å². The molecule has 0 saturated heterocycles. The van der Waals surface area contributed by atoms with Gasteiger partial charge in [0.2, 0.25) is 5.16 Å². The average Bonchev–Trinajstić information content (AvgIpc) is 3.28. The van der Waals surface area contributed by atoms with Crippen LogP contribution in [0.4, 0.5) is 4.39 Å². The predicted octanol–water partition coefficient (Wildman–Crippen LogP) is 4.21. The van der Waals surface area contributed by atoms with Crippen LogP contribution in [-0.2, 0) is 5.75 Å². The maximum absolute atomic E-state index is 13.9. The van der Waals surface area contributed by atoms with Gasteiger partial charge in [-0.2, -0.15) is 0 Å². The highest BCUT2D eigenvalue weighted by Gasteiger charge is 2.15. The molecule has 0 saturated carbocycles. The van der Waals surface area contributed by atoms with Gasteiger partial charge < -0.3 is 5.84 Å². The molecular weight excluding hydrogens is 369 g/mol.